The Labute approximate surface area is 619 Å². The SMILES string of the molecule is CCC(C)CCCCCCCCCCCCCCCCCCCCC(=O)OC[C@H](COP(=O)(O)OCC(O)COP(=O)(O)OC[C@@H](COC(=O)CCCCCCCCCC(C)C)OC(=O)CCCCCCCCCCCC(C)C)OC(=O)CCCCCCCCCCCCCCCCC(C)C. The predicted octanol–water partition coefficient (Wildman–Crippen LogP) is 24.4. The first-order chi connectivity index (χ1) is 48.6. The van der Waals surface area contributed by atoms with Crippen molar-refractivity contribution in [3.63, 3.8) is 0 Å². The number of phosphoric acid groups is 2. The van der Waals surface area contributed by atoms with Crippen molar-refractivity contribution in [1.82, 2.24) is 0 Å². The quantitative estimate of drug-likeness (QED) is 0.0222. The van der Waals surface area contributed by atoms with Crippen molar-refractivity contribution in [3.8, 4) is 0 Å². The lowest BCUT2D eigenvalue weighted by molar-refractivity contribution is -0.161. The maximum Gasteiger partial charge on any atom is 0.472 e. The van der Waals surface area contributed by atoms with Crippen molar-refractivity contribution in [1.29, 1.82) is 0 Å². The first-order valence-corrected chi connectivity index (χ1v) is 45.2. The molecule has 6 atom stereocenters. The summed E-state index contributed by atoms with van der Waals surface area (Å²) in [5, 5.41) is 10.6. The highest BCUT2D eigenvalue weighted by molar-refractivity contribution is 7.47. The maximum absolute atomic E-state index is 13.1. The molecule has 3 N–H and O–H groups in total. The van der Waals surface area contributed by atoms with Gasteiger partial charge in [-0.1, -0.05) is 370 Å². The van der Waals surface area contributed by atoms with Crippen molar-refractivity contribution >= 4 is 39.5 Å². The molecule has 0 aromatic heterocycles. The fourth-order valence-corrected chi connectivity index (χ4v) is 14.2. The predicted molar refractivity (Wildman–Crippen MR) is 414 cm³/mol. The number of aliphatic hydroxyl groups excluding tert-OH is 1. The molecule has 0 bridgehead atoms. The Balaban J connectivity index is 5.20. The Hall–Kier alpha value is -1.94. The number of hydrogen-bond acceptors (Lipinski definition) is 15. The van der Waals surface area contributed by atoms with E-state index in [9.17, 15) is 43.2 Å². The molecule has 0 aliphatic heterocycles. The van der Waals surface area contributed by atoms with E-state index in [0.29, 0.717) is 31.6 Å². The molecule has 0 saturated carbocycles. The van der Waals surface area contributed by atoms with Crippen LogP contribution >= 0.6 is 15.6 Å². The summed E-state index contributed by atoms with van der Waals surface area (Å²) in [4.78, 5) is 73.0. The molecule has 600 valence electrons. The third-order valence-corrected chi connectivity index (χ3v) is 21.3. The van der Waals surface area contributed by atoms with Gasteiger partial charge in [0, 0.05) is 25.7 Å². The highest BCUT2D eigenvalue weighted by Gasteiger charge is 2.30. The van der Waals surface area contributed by atoms with E-state index in [1.165, 1.54) is 218 Å². The zero-order valence-corrected chi connectivity index (χ0v) is 68.3. The van der Waals surface area contributed by atoms with Crippen LogP contribution < -0.4 is 0 Å². The Morgan fingerprint density at radius 2 is 0.475 bits per heavy atom. The smallest absolute Gasteiger partial charge is 0.462 e. The van der Waals surface area contributed by atoms with Gasteiger partial charge in [0.2, 0.25) is 0 Å². The van der Waals surface area contributed by atoms with Crippen LogP contribution in [-0.4, -0.2) is 96.7 Å². The summed E-state index contributed by atoms with van der Waals surface area (Å²) in [6.45, 7) is 14.3. The maximum atomic E-state index is 13.1. The highest BCUT2D eigenvalue weighted by Crippen LogP contribution is 2.45. The third-order valence-electron chi connectivity index (χ3n) is 19.4. The second-order valence-electron chi connectivity index (χ2n) is 31.2. The summed E-state index contributed by atoms with van der Waals surface area (Å²) in [5.41, 5.74) is 0. The van der Waals surface area contributed by atoms with Crippen LogP contribution in [0.15, 0.2) is 0 Å². The highest BCUT2D eigenvalue weighted by atomic mass is 31.2. The van der Waals surface area contributed by atoms with Crippen molar-refractivity contribution in [2.24, 2.45) is 23.7 Å². The number of rotatable bonds is 79. The Kier molecular flexibility index (Phi) is 69.6. The lowest BCUT2D eigenvalue weighted by atomic mass is 9.99. The number of phosphoric ester groups is 2. The molecule has 17 nitrogen and oxygen atoms in total. The van der Waals surface area contributed by atoms with Crippen LogP contribution in [0.3, 0.4) is 0 Å². The van der Waals surface area contributed by atoms with Crippen LogP contribution in [0, 0.1) is 23.7 Å². The molecule has 0 saturated heterocycles. The van der Waals surface area contributed by atoms with Crippen molar-refractivity contribution in [2.75, 3.05) is 39.6 Å². The molecule has 0 spiro atoms. The number of carbonyl (C=O) groups is 4. The second kappa shape index (κ2) is 71.0. The lowest BCUT2D eigenvalue weighted by Gasteiger charge is -2.21. The molecule has 101 heavy (non-hydrogen) atoms. The number of ether oxygens (including phenoxy) is 4. The van der Waals surface area contributed by atoms with Gasteiger partial charge in [0.05, 0.1) is 26.4 Å². The van der Waals surface area contributed by atoms with E-state index in [2.05, 4.69) is 55.4 Å². The lowest BCUT2D eigenvalue weighted by Crippen LogP contribution is -2.30. The minimum absolute atomic E-state index is 0.104. The fraction of sp³-hybridized carbons (Fsp3) is 0.951. The van der Waals surface area contributed by atoms with E-state index in [1.54, 1.807) is 0 Å². The van der Waals surface area contributed by atoms with Crippen LogP contribution in [0.2, 0.25) is 0 Å². The number of esters is 4. The van der Waals surface area contributed by atoms with Crippen LogP contribution in [0.4, 0.5) is 0 Å². The van der Waals surface area contributed by atoms with E-state index in [0.717, 1.165) is 114 Å². The number of unbranched alkanes of at least 4 members (excludes halogenated alkanes) is 44. The molecule has 0 aliphatic rings. The first kappa shape index (κ1) is 99.1. The summed E-state index contributed by atoms with van der Waals surface area (Å²) in [6, 6.07) is 0. The van der Waals surface area contributed by atoms with E-state index < -0.39 is 97.5 Å². The van der Waals surface area contributed by atoms with Gasteiger partial charge in [0.25, 0.3) is 0 Å². The van der Waals surface area contributed by atoms with Gasteiger partial charge in [-0.15, -0.1) is 0 Å². The average molecular weight is 1480 g/mol. The minimum atomic E-state index is -4.96. The van der Waals surface area contributed by atoms with Gasteiger partial charge in [0.15, 0.2) is 12.2 Å². The number of carbonyl (C=O) groups excluding carboxylic acids is 4. The zero-order chi connectivity index (χ0) is 74.6. The normalized spacial score (nSPS) is 14.3. The molecule has 0 aromatic carbocycles. The Morgan fingerprint density at radius 1 is 0.277 bits per heavy atom. The second-order valence-corrected chi connectivity index (χ2v) is 34.1. The third kappa shape index (κ3) is 74.7. The van der Waals surface area contributed by atoms with E-state index in [4.69, 9.17) is 37.0 Å². The standard InChI is InChI=1S/C82H160O17P2/c1-9-75(8)61-53-45-37-29-23-19-14-12-10-11-13-15-20-24-30-38-46-54-62-79(84)92-68-77(98-81(86)64-56-48-39-31-25-21-17-16-18-22-27-34-42-50-58-72(2)3)70-96-100(88,89)94-66-76(83)67-95-101(90,91)97-71-78(69-93-80(85)63-55-47-41-33-36-44-52-60-74(6)7)99-82(87)65-57-49-40-32-26-28-35-43-51-59-73(4)5/h72-78,83H,9-71H2,1-8H3,(H,88,89)(H,90,91)/t75?,76?,77-,78-/m1/s1. The monoisotopic (exact) mass is 1480 g/mol. The molecule has 0 amide bonds. The molecule has 0 aliphatic carbocycles. The van der Waals surface area contributed by atoms with Crippen LogP contribution in [-0.2, 0) is 65.4 Å². The minimum Gasteiger partial charge on any atom is -0.462 e. The first-order valence-electron chi connectivity index (χ1n) is 42.2. The Bertz CT molecular complexity index is 1970. The molecule has 0 aromatic rings. The molecule has 0 fully saturated rings. The van der Waals surface area contributed by atoms with Crippen molar-refractivity contribution < 1.29 is 80.2 Å². The Morgan fingerprint density at radius 3 is 0.703 bits per heavy atom. The van der Waals surface area contributed by atoms with Crippen LogP contribution in [0.1, 0.15) is 421 Å². The summed E-state index contributed by atoms with van der Waals surface area (Å²) in [5.74, 6) is 0.995. The van der Waals surface area contributed by atoms with Gasteiger partial charge in [-0.25, -0.2) is 9.13 Å². The molecule has 19 heteroatoms. The zero-order valence-electron chi connectivity index (χ0n) is 66.5. The molecule has 0 radical (unpaired) electrons. The van der Waals surface area contributed by atoms with Gasteiger partial charge in [-0.2, -0.15) is 0 Å². The molecule has 0 rings (SSSR count). The van der Waals surface area contributed by atoms with Crippen molar-refractivity contribution in [3.05, 3.63) is 0 Å². The van der Waals surface area contributed by atoms with Gasteiger partial charge in [0.1, 0.15) is 19.3 Å². The summed E-state index contributed by atoms with van der Waals surface area (Å²) < 4.78 is 68.7. The summed E-state index contributed by atoms with van der Waals surface area (Å²) in [7, 11) is -9.92. The number of aliphatic hydroxyl groups is 1. The van der Waals surface area contributed by atoms with E-state index in [-0.39, 0.29) is 25.7 Å². The van der Waals surface area contributed by atoms with Crippen LogP contribution in [0.25, 0.3) is 0 Å². The van der Waals surface area contributed by atoms with Gasteiger partial charge in [-0.3, -0.25) is 37.3 Å². The topological polar surface area (TPSA) is 237 Å². The van der Waals surface area contributed by atoms with Gasteiger partial charge >= 0.3 is 39.5 Å². The molecular formula is C82H160O17P2. The number of hydrogen-bond donors (Lipinski definition) is 3. The van der Waals surface area contributed by atoms with Crippen molar-refractivity contribution in [2.45, 2.75) is 440 Å². The van der Waals surface area contributed by atoms with Crippen LogP contribution in [0.5, 0.6) is 0 Å². The molecule has 4 unspecified atom stereocenters. The van der Waals surface area contributed by atoms with E-state index in [1.807, 2.05) is 0 Å². The fourth-order valence-electron chi connectivity index (χ4n) is 12.6. The molecular weight excluding hydrogens is 1320 g/mol. The van der Waals surface area contributed by atoms with Gasteiger partial charge < -0.3 is 33.8 Å². The average Bonchev–Trinajstić information content (AvgIpc) is 0.932. The molecule has 0 heterocycles. The van der Waals surface area contributed by atoms with E-state index >= 15 is 0 Å². The largest absolute Gasteiger partial charge is 0.472 e. The van der Waals surface area contributed by atoms with Gasteiger partial charge in [-0.05, 0) is 49.4 Å². The summed E-state index contributed by atoms with van der Waals surface area (Å²) in [6.07, 6.45) is 58.5. The summed E-state index contributed by atoms with van der Waals surface area (Å²) >= 11 is 0.